The van der Waals surface area contributed by atoms with Gasteiger partial charge >= 0.3 is 0 Å². The lowest BCUT2D eigenvalue weighted by molar-refractivity contribution is -0.135. The fourth-order valence-corrected chi connectivity index (χ4v) is 3.86. The number of amides is 1. The summed E-state index contributed by atoms with van der Waals surface area (Å²) in [7, 11) is 1.74. The third-order valence-corrected chi connectivity index (χ3v) is 5.54. The van der Waals surface area contributed by atoms with Crippen molar-refractivity contribution in [2.24, 2.45) is 10.9 Å². The molecule has 1 heterocycles. The molecule has 164 valence electrons. The van der Waals surface area contributed by atoms with Gasteiger partial charge in [0.2, 0.25) is 5.91 Å². The SMILES string of the molecule is CN=C(NCC(C)(C)c1ccc(F)cc1Cl)NC1CCN(C(=O)C(C)C)CC1.I. The van der Waals surface area contributed by atoms with E-state index in [1.165, 1.54) is 12.1 Å². The van der Waals surface area contributed by atoms with E-state index in [4.69, 9.17) is 11.6 Å². The number of carbonyl (C=O) groups excluding carboxylic acids is 1. The van der Waals surface area contributed by atoms with E-state index in [0.717, 1.165) is 37.5 Å². The zero-order valence-electron chi connectivity index (χ0n) is 17.9. The lowest BCUT2D eigenvalue weighted by atomic mass is 9.84. The minimum Gasteiger partial charge on any atom is -0.356 e. The Kier molecular flexibility index (Phi) is 10.1. The van der Waals surface area contributed by atoms with Crippen LogP contribution in [0.2, 0.25) is 5.02 Å². The number of guanidine groups is 1. The molecule has 1 aromatic rings. The minimum atomic E-state index is -0.336. The van der Waals surface area contributed by atoms with E-state index < -0.39 is 0 Å². The molecule has 1 saturated heterocycles. The smallest absolute Gasteiger partial charge is 0.225 e. The maximum atomic E-state index is 13.3. The summed E-state index contributed by atoms with van der Waals surface area (Å²) in [6.45, 7) is 10.1. The molecule has 0 aliphatic carbocycles. The summed E-state index contributed by atoms with van der Waals surface area (Å²) in [6, 6.07) is 4.79. The average Bonchev–Trinajstić information content (AvgIpc) is 2.64. The second-order valence-corrected chi connectivity index (χ2v) is 8.74. The molecule has 1 aliphatic heterocycles. The molecule has 0 saturated carbocycles. The first-order chi connectivity index (χ1) is 13.1. The van der Waals surface area contributed by atoms with E-state index in [0.29, 0.717) is 11.6 Å². The highest BCUT2D eigenvalue weighted by atomic mass is 127. The molecule has 29 heavy (non-hydrogen) atoms. The summed E-state index contributed by atoms with van der Waals surface area (Å²) in [6.07, 6.45) is 1.79. The first kappa shape index (κ1) is 25.9. The molecule has 0 aromatic heterocycles. The van der Waals surface area contributed by atoms with Gasteiger partial charge in [-0.25, -0.2) is 4.39 Å². The second kappa shape index (κ2) is 11.3. The Bertz CT molecular complexity index is 719. The van der Waals surface area contributed by atoms with Crippen LogP contribution < -0.4 is 10.6 Å². The van der Waals surface area contributed by atoms with E-state index in [1.54, 1.807) is 13.1 Å². The van der Waals surface area contributed by atoms with Gasteiger partial charge in [0.15, 0.2) is 5.96 Å². The molecule has 5 nitrogen and oxygen atoms in total. The topological polar surface area (TPSA) is 56.7 Å². The van der Waals surface area contributed by atoms with Crippen LogP contribution in [0.15, 0.2) is 23.2 Å². The first-order valence-corrected chi connectivity index (χ1v) is 10.2. The van der Waals surface area contributed by atoms with Gasteiger partial charge in [0.25, 0.3) is 0 Å². The van der Waals surface area contributed by atoms with E-state index >= 15 is 0 Å². The van der Waals surface area contributed by atoms with Crippen molar-refractivity contribution in [2.45, 2.75) is 52.0 Å². The molecule has 0 bridgehead atoms. The summed E-state index contributed by atoms with van der Waals surface area (Å²) in [5, 5.41) is 7.23. The number of nitrogens with zero attached hydrogens (tertiary/aromatic N) is 2. The number of hydrogen-bond donors (Lipinski definition) is 2. The molecule has 0 radical (unpaired) electrons. The second-order valence-electron chi connectivity index (χ2n) is 8.33. The van der Waals surface area contributed by atoms with Crippen LogP contribution in [0.1, 0.15) is 46.1 Å². The molecule has 1 amide bonds. The van der Waals surface area contributed by atoms with Crippen molar-refractivity contribution in [3.63, 3.8) is 0 Å². The fourth-order valence-electron chi connectivity index (χ4n) is 3.44. The summed E-state index contributed by atoms with van der Waals surface area (Å²) >= 11 is 6.23. The highest BCUT2D eigenvalue weighted by Gasteiger charge is 2.26. The van der Waals surface area contributed by atoms with Crippen LogP contribution in [0.25, 0.3) is 0 Å². The Morgan fingerprint density at radius 1 is 1.34 bits per heavy atom. The van der Waals surface area contributed by atoms with Crippen LogP contribution in [0.3, 0.4) is 0 Å². The van der Waals surface area contributed by atoms with Gasteiger partial charge in [-0.3, -0.25) is 9.79 Å². The van der Waals surface area contributed by atoms with Crippen LogP contribution >= 0.6 is 35.6 Å². The number of rotatable bonds is 5. The number of nitrogens with one attached hydrogen (secondary N) is 2. The highest BCUT2D eigenvalue weighted by molar-refractivity contribution is 14.0. The van der Waals surface area contributed by atoms with Crippen molar-refractivity contribution in [2.75, 3.05) is 26.7 Å². The van der Waals surface area contributed by atoms with Crippen LogP contribution in [-0.4, -0.2) is 49.5 Å². The highest BCUT2D eigenvalue weighted by Crippen LogP contribution is 2.29. The minimum absolute atomic E-state index is 0. The Hall–Kier alpha value is -1.09. The molecule has 2 rings (SSSR count). The van der Waals surface area contributed by atoms with Crippen LogP contribution in [0.4, 0.5) is 4.39 Å². The molecular formula is C21H33ClFIN4O. The van der Waals surface area contributed by atoms with Gasteiger partial charge in [0.05, 0.1) is 0 Å². The number of hydrogen-bond acceptors (Lipinski definition) is 2. The fraction of sp³-hybridized carbons (Fsp3) is 0.619. The molecule has 0 spiro atoms. The number of halogens is 3. The Morgan fingerprint density at radius 3 is 2.48 bits per heavy atom. The molecule has 1 aromatic carbocycles. The number of piperidine rings is 1. The van der Waals surface area contributed by atoms with Crippen LogP contribution in [0.5, 0.6) is 0 Å². The van der Waals surface area contributed by atoms with Crippen molar-refractivity contribution >= 4 is 47.4 Å². The lowest BCUT2D eigenvalue weighted by Gasteiger charge is -2.34. The lowest BCUT2D eigenvalue weighted by Crippen LogP contribution is -2.51. The zero-order valence-corrected chi connectivity index (χ0v) is 21.0. The summed E-state index contributed by atoms with van der Waals surface area (Å²) in [5.41, 5.74) is 0.592. The molecule has 2 N–H and O–H groups in total. The van der Waals surface area contributed by atoms with Crippen molar-refractivity contribution < 1.29 is 9.18 Å². The summed E-state index contributed by atoms with van der Waals surface area (Å²) < 4.78 is 13.3. The first-order valence-electron chi connectivity index (χ1n) is 9.85. The number of carbonyl (C=O) groups is 1. The molecule has 1 fully saturated rings. The Balaban J connectivity index is 0.00000420. The summed E-state index contributed by atoms with van der Waals surface area (Å²) in [5.74, 6) is 0.649. The monoisotopic (exact) mass is 538 g/mol. The zero-order chi connectivity index (χ0) is 20.9. The largest absolute Gasteiger partial charge is 0.356 e. The van der Waals surface area contributed by atoms with Gasteiger partial charge in [-0.05, 0) is 30.5 Å². The van der Waals surface area contributed by atoms with Crippen molar-refractivity contribution in [3.8, 4) is 0 Å². The maximum Gasteiger partial charge on any atom is 0.225 e. The summed E-state index contributed by atoms with van der Waals surface area (Å²) in [4.78, 5) is 18.4. The van der Waals surface area contributed by atoms with E-state index in [1.807, 2.05) is 18.7 Å². The molecular weight excluding hydrogens is 506 g/mol. The van der Waals surface area contributed by atoms with Gasteiger partial charge in [-0.1, -0.05) is 45.4 Å². The van der Waals surface area contributed by atoms with Gasteiger partial charge in [0.1, 0.15) is 5.82 Å². The predicted octanol–water partition coefficient (Wildman–Crippen LogP) is 4.19. The van der Waals surface area contributed by atoms with Crippen molar-refractivity contribution in [1.29, 1.82) is 0 Å². The molecule has 0 unspecified atom stereocenters. The molecule has 8 heteroatoms. The average molecular weight is 539 g/mol. The third-order valence-electron chi connectivity index (χ3n) is 5.22. The van der Waals surface area contributed by atoms with Crippen molar-refractivity contribution in [3.05, 3.63) is 34.6 Å². The number of aliphatic imine (C=N–C) groups is 1. The predicted molar refractivity (Wildman–Crippen MR) is 129 cm³/mol. The van der Waals surface area contributed by atoms with E-state index in [-0.39, 0.29) is 53.1 Å². The van der Waals surface area contributed by atoms with Gasteiger partial charge < -0.3 is 15.5 Å². The number of benzene rings is 1. The van der Waals surface area contributed by atoms with Gasteiger partial charge in [-0.15, -0.1) is 24.0 Å². The quantitative estimate of drug-likeness (QED) is 0.336. The maximum absolute atomic E-state index is 13.3. The normalized spacial score (nSPS) is 15.9. The standard InChI is InChI=1S/C21H32ClFN4O.HI/c1-14(2)19(28)27-10-8-16(9-11-27)26-20(24-5)25-13-21(3,4)17-7-6-15(23)12-18(17)22;/h6-7,12,14,16H,8-11,13H2,1-5H3,(H2,24,25,26);1H. The van der Waals surface area contributed by atoms with E-state index in [9.17, 15) is 9.18 Å². The number of likely N-dealkylation sites (tertiary alicyclic amines) is 1. The van der Waals surface area contributed by atoms with Crippen LogP contribution in [0, 0.1) is 11.7 Å². The van der Waals surface area contributed by atoms with Crippen LogP contribution in [-0.2, 0) is 10.2 Å². The van der Waals surface area contributed by atoms with E-state index in [2.05, 4.69) is 29.5 Å². The Labute approximate surface area is 195 Å². The molecule has 0 atom stereocenters. The molecule has 1 aliphatic rings. The van der Waals surface area contributed by atoms with Gasteiger partial charge in [-0.2, -0.15) is 0 Å². The Morgan fingerprint density at radius 2 is 1.97 bits per heavy atom. The van der Waals surface area contributed by atoms with Gasteiger partial charge in [0, 0.05) is 49.1 Å². The van der Waals surface area contributed by atoms with Crippen molar-refractivity contribution in [1.82, 2.24) is 15.5 Å². The third kappa shape index (κ3) is 7.27.